The summed E-state index contributed by atoms with van der Waals surface area (Å²) in [5.41, 5.74) is 15.6. The number of amides is 1. The molecule has 4 N–H and O–H groups in total. The van der Waals surface area contributed by atoms with E-state index in [9.17, 15) is 9.59 Å². The minimum absolute atomic E-state index is 0.0428. The lowest BCUT2D eigenvalue weighted by molar-refractivity contribution is 0.1000. The number of hydrogen-bond acceptors (Lipinski definition) is 6. The van der Waals surface area contributed by atoms with Crippen LogP contribution >= 0.6 is 0 Å². The molecule has 0 unspecified atom stereocenters. The second-order valence-electron chi connectivity index (χ2n) is 7.31. The highest BCUT2D eigenvalue weighted by molar-refractivity contribution is 6.02. The van der Waals surface area contributed by atoms with Crippen molar-refractivity contribution in [2.75, 3.05) is 5.73 Å². The largest absolute Gasteiger partial charge is 0.463 e. The zero-order valence-corrected chi connectivity index (χ0v) is 17.6. The molecule has 4 rings (SSSR count). The van der Waals surface area contributed by atoms with Gasteiger partial charge in [-0.25, -0.2) is 4.98 Å². The lowest BCUT2D eigenvalue weighted by Crippen LogP contribution is -2.20. The van der Waals surface area contributed by atoms with E-state index in [4.69, 9.17) is 15.9 Å². The van der Waals surface area contributed by atoms with Gasteiger partial charge in [-0.1, -0.05) is 0 Å². The van der Waals surface area contributed by atoms with Crippen molar-refractivity contribution in [1.29, 1.82) is 0 Å². The van der Waals surface area contributed by atoms with Crippen molar-refractivity contribution in [3.63, 3.8) is 0 Å². The summed E-state index contributed by atoms with van der Waals surface area (Å²) in [7, 11) is 0. The highest BCUT2D eigenvalue weighted by Crippen LogP contribution is 2.38. The number of pyridine rings is 3. The zero-order valence-electron chi connectivity index (χ0n) is 17.6. The molecule has 1 amide bonds. The number of nitrogens with two attached hydrogens (primary N) is 2. The summed E-state index contributed by atoms with van der Waals surface area (Å²) in [5.74, 6) is -0.112. The number of furan rings is 1. The Bertz CT molecular complexity index is 1310. The number of aromatic nitrogens is 3. The van der Waals surface area contributed by atoms with Crippen LogP contribution in [0.2, 0.25) is 0 Å². The number of nitrogens with zero attached hydrogens (tertiary/aromatic N) is 3. The second-order valence-corrected chi connectivity index (χ2v) is 7.31. The predicted octanol–water partition coefficient (Wildman–Crippen LogP) is 3.05. The van der Waals surface area contributed by atoms with Gasteiger partial charge in [-0.05, 0) is 61.2 Å². The fourth-order valence-electron chi connectivity index (χ4n) is 3.83. The van der Waals surface area contributed by atoms with E-state index >= 15 is 0 Å². The van der Waals surface area contributed by atoms with Crippen LogP contribution in [0.15, 0.2) is 70.5 Å². The fourth-order valence-corrected chi connectivity index (χ4v) is 3.83. The predicted molar refractivity (Wildman–Crippen MR) is 122 cm³/mol. The molecule has 0 aliphatic carbocycles. The highest BCUT2D eigenvalue weighted by Gasteiger charge is 2.25. The number of aryl methyl sites for hydroxylation is 2. The quantitative estimate of drug-likeness (QED) is 0.464. The van der Waals surface area contributed by atoms with E-state index in [2.05, 4.69) is 9.97 Å². The molecule has 0 saturated heterocycles. The van der Waals surface area contributed by atoms with E-state index in [1.54, 1.807) is 47.6 Å². The first-order valence-corrected chi connectivity index (χ1v) is 10.3. The topological polar surface area (TPSA) is 130 Å². The molecule has 0 aromatic carbocycles. The molecule has 8 heteroatoms. The Balaban J connectivity index is 2.00. The summed E-state index contributed by atoms with van der Waals surface area (Å²) in [6, 6.07) is 10.6. The summed E-state index contributed by atoms with van der Waals surface area (Å²) in [4.78, 5) is 33.2. The van der Waals surface area contributed by atoms with Crippen LogP contribution in [0.3, 0.4) is 0 Å². The van der Waals surface area contributed by atoms with Gasteiger partial charge in [0.2, 0.25) is 0 Å². The maximum atomic E-state index is 12.4. The Hall–Kier alpha value is -4.20. The molecule has 0 radical (unpaired) electrons. The molecule has 0 saturated carbocycles. The number of carbonyl (C=O) groups is 1. The lowest BCUT2D eigenvalue weighted by Gasteiger charge is -2.19. The maximum absolute atomic E-state index is 12.4. The highest BCUT2D eigenvalue weighted by atomic mass is 16.3. The van der Waals surface area contributed by atoms with Gasteiger partial charge < -0.3 is 20.5 Å². The van der Waals surface area contributed by atoms with Crippen molar-refractivity contribution < 1.29 is 9.21 Å². The third kappa shape index (κ3) is 4.02. The molecule has 4 heterocycles. The Morgan fingerprint density at radius 3 is 2.56 bits per heavy atom. The monoisotopic (exact) mass is 429 g/mol. The van der Waals surface area contributed by atoms with Crippen molar-refractivity contribution in [3.8, 4) is 22.6 Å². The molecule has 32 heavy (non-hydrogen) atoms. The van der Waals surface area contributed by atoms with Gasteiger partial charge in [0, 0.05) is 42.3 Å². The number of primary amides is 1. The van der Waals surface area contributed by atoms with Crippen LogP contribution in [-0.4, -0.2) is 20.4 Å². The van der Waals surface area contributed by atoms with Gasteiger partial charge in [-0.15, -0.1) is 0 Å². The summed E-state index contributed by atoms with van der Waals surface area (Å²) in [5, 5.41) is 0. The summed E-state index contributed by atoms with van der Waals surface area (Å²) >= 11 is 0. The normalized spacial score (nSPS) is 10.9. The standard InChI is InChI=1S/C24H23N5O3/c1-2-29-14-16(6-8-19(29)30)20-17(7-5-15-9-11-27-12-10-15)21(24(26)31)23(25)28-22(20)18-4-3-13-32-18/h3-4,6,8-14H,2,5,7H2,1H3,(H2,25,28)(H2,26,31). The number of rotatable bonds is 7. The Morgan fingerprint density at radius 2 is 1.91 bits per heavy atom. The number of nitrogen functional groups attached to an aromatic ring is 1. The molecule has 0 aliphatic heterocycles. The van der Waals surface area contributed by atoms with Crippen LogP contribution in [0.1, 0.15) is 28.4 Å². The van der Waals surface area contributed by atoms with E-state index in [1.807, 2.05) is 19.1 Å². The van der Waals surface area contributed by atoms with E-state index in [1.165, 1.54) is 6.07 Å². The Morgan fingerprint density at radius 1 is 1.12 bits per heavy atom. The molecule has 0 fully saturated rings. The van der Waals surface area contributed by atoms with Gasteiger partial charge in [0.15, 0.2) is 5.76 Å². The molecular weight excluding hydrogens is 406 g/mol. The summed E-state index contributed by atoms with van der Waals surface area (Å²) in [6.07, 6.45) is 7.84. The van der Waals surface area contributed by atoms with Gasteiger partial charge in [0.25, 0.3) is 11.5 Å². The van der Waals surface area contributed by atoms with Crippen LogP contribution in [-0.2, 0) is 19.4 Å². The molecule has 0 spiro atoms. The van der Waals surface area contributed by atoms with E-state index < -0.39 is 5.91 Å². The first kappa shape index (κ1) is 21.0. The third-order valence-corrected chi connectivity index (χ3v) is 5.36. The minimum Gasteiger partial charge on any atom is -0.463 e. The van der Waals surface area contributed by atoms with Crippen molar-refractivity contribution in [2.45, 2.75) is 26.3 Å². The van der Waals surface area contributed by atoms with E-state index in [0.29, 0.717) is 42.0 Å². The Labute approximate surface area is 184 Å². The van der Waals surface area contributed by atoms with Gasteiger partial charge in [-0.3, -0.25) is 14.6 Å². The second kappa shape index (κ2) is 8.89. The fraction of sp³-hybridized carbons (Fsp3) is 0.167. The first-order chi connectivity index (χ1) is 15.5. The average Bonchev–Trinajstić information content (AvgIpc) is 3.33. The zero-order chi connectivity index (χ0) is 22.7. The summed E-state index contributed by atoms with van der Waals surface area (Å²) < 4.78 is 7.22. The summed E-state index contributed by atoms with van der Waals surface area (Å²) in [6.45, 7) is 2.39. The molecule has 0 bridgehead atoms. The van der Waals surface area contributed by atoms with Gasteiger partial charge >= 0.3 is 0 Å². The van der Waals surface area contributed by atoms with Crippen molar-refractivity contribution in [2.24, 2.45) is 5.73 Å². The van der Waals surface area contributed by atoms with E-state index in [-0.39, 0.29) is 16.9 Å². The van der Waals surface area contributed by atoms with Crippen LogP contribution in [0.4, 0.5) is 5.82 Å². The van der Waals surface area contributed by atoms with Crippen molar-refractivity contribution in [3.05, 3.63) is 88.3 Å². The van der Waals surface area contributed by atoms with Crippen molar-refractivity contribution in [1.82, 2.24) is 14.5 Å². The van der Waals surface area contributed by atoms with Crippen LogP contribution < -0.4 is 17.0 Å². The molecule has 8 nitrogen and oxygen atoms in total. The van der Waals surface area contributed by atoms with Crippen LogP contribution in [0, 0.1) is 0 Å². The van der Waals surface area contributed by atoms with E-state index in [0.717, 1.165) is 11.1 Å². The molecule has 162 valence electrons. The first-order valence-electron chi connectivity index (χ1n) is 10.3. The minimum atomic E-state index is -0.657. The van der Waals surface area contributed by atoms with Gasteiger partial charge in [0.05, 0.1) is 11.8 Å². The molecule has 4 aromatic heterocycles. The number of anilines is 1. The molecule has 4 aromatic rings. The Kier molecular flexibility index (Phi) is 5.85. The number of carbonyl (C=O) groups excluding carboxylic acids is 1. The SMILES string of the molecule is CCn1cc(-c2c(-c3ccco3)nc(N)c(C(N)=O)c2CCc2ccncc2)ccc1=O. The van der Waals surface area contributed by atoms with Gasteiger partial charge in [0.1, 0.15) is 11.5 Å². The average molecular weight is 429 g/mol. The number of hydrogen-bond donors (Lipinski definition) is 2. The van der Waals surface area contributed by atoms with Gasteiger partial charge in [-0.2, -0.15) is 0 Å². The lowest BCUT2D eigenvalue weighted by atomic mass is 9.90. The molecule has 0 aliphatic rings. The maximum Gasteiger partial charge on any atom is 0.252 e. The van der Waals surface area contributed by atoms with Crippen molar-refractivity contribution >= 4 is 11.7 Å². The van der Waals surface area contributed by atoms with Crippen LogP contribution in [0.5, 0.6) is 0 Å². The molecular formula is C24H23N5O3. The molecule has 0 atom stereocenters. The smallest absolute Gasteiger partial charge is 0.252 e. The van der Waals surface area contributed by atoms with Crippen LogP contribution in [0.25, 0.3) is 22.6 Å². The third-order valence-electron chi connectivity index (χ3n) is 5.36.